The van der Waals surface area contributed by atoms with Crippen LogP contribution in [0.3, 0.4) is 0 Å². The molecule has 10 heteroatoms. The van der Waals surface area contributed by atoms with Gasteiger partial charge < -0.3 is 16.8 Å². The number of hydrogen-bond acceptors (Lipinski definition) is 7. The first-order valence-corrected chi connectivity index (χ1v) is 11.8. The smallest absolute Gasteiger partial charge is 0.273 e. The Kier molecular flexibility index (Phi) is 6.87. The Balaban J connectivity index is 1.83. The highest BCUT2D eigenvalue weighted by Crippen LogP contribution is 2.33. The summed E-state index contributed by atoms with van der Waals surface area (Å²) in [5.41, 5.74) is 13.3. The number of aryl methyl sites for hydroxylation is 1. The molecule has 34 heavy (non-hydrogen) atoms. The number of carbonyl (C=O) groups excluding carboxylic acids is 3. The molecule has 9 nitrogen and oxygen atoms in total. The second-order valence-corrected chi connectivity index (χ2v) is 9.10. The van der Waals surface area contributed by atoms with Gasteiger partial charge in [0.25, 0.3) is 11.8 Å². The monoisotopic (exact) mass is 478 g/mol. The van der Waals surface area contributed by atoms with Crippen molar-refractivity contribution in [2.24, 2.45) is 5.73 Å². The van der Waals surface area contributed by atoms with Crippen LogP contribution in [0.15, 0.2) is 48.8 Å². The fourth-order valence-corrected chi connectivity index (χ4v) is 4.88. The Morgan fingerprint density at radius 3 is 2.32 bits per heavy atom. The molecule has 5 N–H and O–H groups in total. The van der Waals surface area contributed by atoms with Crippen LogP contribution in [0.1, 0.15) is 63.0 Å². The van der Waals surface area contributed by atoms with Crippen molar-refractivity contribution in [1.82, 2.24) is 14.7 Å². The Morgan fingerprint density at radius 2 is 1.74 bits per heavy atom. The van der Waals surface area contributed by atoms with Gasteiger partial charge in [-0.25, -0.2) is 0 Å². The molecule has 0 spiro atoms. The van der Waals surface area contributed by atoms with E-state index in [0.29, 0.717) is 11.3 Å². The number of rotatable bonds is 7. The molecule has 3 amide bonds. The number of anilines is 2. The minimum Gasteiger partial charge on any atom is -0.395 e. The van der Waals surface area contributed by atoms with E-state index in [1.54, 1.807) is 36.7 Å². The number of pyridine rings is 1. The first-order valence-electron chi connectivity index (χ1n) is 11.0. The molecule has 4 rings (SSSR count). The summed E-state index contributed by atoms with van der Waals surface area (Å²) in [5.74, 6) is -1.67. The van der Waals surface area contributed by atoms with E-state index in [0.717, 1.165) is 42.8 Å². The van der Waals surface area contributed by atoms with Crippen LogP contribution < -0.4 is 21.7 Å². The maximum Gasteiger partial charge on any atom is 0.273 e. The average molecular weight is 479 g/mol. The van der Waals surface area contributed by atoms with Crippen molar-refractivity contribution < 1.29 is 14.4 Å². The van der Waals surface area contributed by atoms with Crippen molar-refractivity contribution in [3.05, 3.63) is 70.5 Å². The van der Waals surface area contributed by atoms with Crippen molar-refractivity contribution in [2.75, 3.05) is 10.6 Å². The fourth-order valence-electron chi connectivity index (χ4n) is 4.14. The van der Waals surface area contributed by atoms with Gasteiger partial charge in [0, 0.05) is 24.1 Å². The summed E-state index contributed by atoms with van der Waals surface area (Å²) < 4.78 is 3.97. The summed E-state index contributed by atoms with van der Waals surface area (Å²) in [6.45, 7) is 1.93. The summed E-state index contributed by atoms with van der Waals surface area (Å²) in [7, 11) is 0. The summed E-state index contributed by atoms with van der Waals surface area (Å²) in [4.78, 5) is 44.8. The Morgan fingerprint density at radius 1 is 1.09 bits per heavy atom. The number of nitrogens with two attached hydrogens (primary N) is 2. The molecule has 1 atom stereocenters. The van der Waals surface area contributed by atoms with Crippen LogP contribution in [0.4, 0.5) is 11.4 Å². The third kappa shape index (κ3) is 4.76. The molecule has 0 aliphatic heterocycles. The van der Waals surface area contributed by atoms with Gasteiger partial charge in [0.1, 0.15) is 10.9 Å². The maximum atomic E-state index is 13.9. The van der Waals surface area contributed by atoms with Gasteiger partial charge in [0.15, 0.2) is 5.69 Å². The lowest BCUT2D eigenvalue weighted by atomic mass is 10.0. The van der Waals surface area contributed by atoms with Crippen LogP contribution in [0.5, 0.6) is 0 Å². The number of aromatic nitrogens is 2. The molecule has 0 radical (unpaired) electrons. The van der Waals surface area contributed by atoms with Crippen LogP contribution in [0.2, 0.25) is 0 Å². The van der Waals surface area contributed by atoms with Crippen molar-refractivity contribution in [2.45, 2.75) is 44.7 Å². The van der Waals surface area contributed by atoms with E-state index < -0.39 is 17.9 Å². The SMILES string of the molecule is Cc1ccc(N(C(=O)c2snc(C(N)=O)c2N)[C@@H](C(=O)NC2CCCC2)c2ccncc2)cc1. The van der Waals surface area contributed by atoms with Gasteiger partial charge in [-0.2, -0.15) is 4.37 Å². The van der Waals surface area contributed by atoms with Gasteiger partial charge in [0.05, 0.1) is 5.69 Å². The topological polar surface area (TPSA) is 144 Å². The van der Waals surface area contributed by atoms with Gasteiger partial charge in [0.2, 0.25) is 5.91 Å². The normalized spacial score (nSPS) is 14.5. The summed E-state index contributed by atoms with van der Waals surface area (Å²) in [6, 6.07) is 9.75. The van der Waals surface area contributed by atoms with Crippen LogP contribution >= 0.6 is 11.5 Å². The molecule has 0 bridgehead atoms. The van der Waals surface area contributed by atoms with Gasteiger partial charge in [-0.1, -0.05) is 30.5 Å². The lowest BCUT2D eigenvalue weighted by Gasteiger charge is -2.32. The number of amides is 3. The van der Waals surface area contributed by atoms with Crippen molar-refractivity contribution in [3.63, 3.8) is 0 Å². The molecule has 0 saturated heterocycles. The molecule has 176 valence electrons. The van der Waals surface area contributed by atoms with Crippen molar-refractivity contribution >= 4 is 40.6 Å². The highest BCUT2D eigenvalue weighted by molar-refractivity contribution is 7.09. The summed E-state index contributed by atoms with van der Waals surface area (Å²) in [6.07, 6.45) is 7.07. The van der Waals surface area contributed by atoms with Crippen LogP contribution in [-0.2, 0) is 4.79 Å². The summed E-state index contributed by atoms with van der Waals surface area (Å²) in [5, 5.41) is 3.11. The zero-order valence-corrected chi connectivity index (χ0v) is 19.5. The quantitative estimate of drug-likeness (QED) is 0.476. The Labute approximate surface area is 201 Å². The van der Waals surface area contributed by atoms with E-state index in [-0.39, 0.29) is 28.2 Å². The lowest BCUT2D eigenvalue weighted by Crippen LogP contribution is -2.46. The number of nitrogen functional groups attached to an aromatic ring is 1. The largest absolute Gasteiger partial charge is 0.395 e. The molecule has 0 unspecified atom stereocenters. The minimum atomic E-state index is -0.989. The van der Waals surface area contributed by atoms with Gasteiger partial charge in [-0.05, 0) is 61.1 Å². The maximum absolute atomic E-state index is 13.9. The number of nitrogens with one attached hydrogen (secondary N) is 1. The molecule has 1 aliphatic carbocycles. The van der Waals surface area contributed by atoms with Crippen LogP contribution in [-0.4, -0.2) is 33.1 Å². The van der Waals surface area contributed by atoms with E-state index in [1.165, 1.54) is 4.90 Å². The van der Waals surface area contributed by atoms with E-state index in [4.69, 9.17) is 11.5 Å². The second-order valence-electron chi connectivity index (χ2n) is 8.32. The van der Waals surface area contributed by atoms with Crippen LogP contribution in [0.25, 0.3) is 0 Å². The average Bonchev–Trinajstić information content (AvgIpc) is 3.47. The van der Waals surface area contributed by atoms with Crippen molar-refractivity contribution in [3.8, 4) is 0 Å². The standard InChI is InChI=1S/C24H26N6O3S/c1-14-6-8-17(9-7-14)30(24(33)21-18(25)19(22(26)31)29-34-21)20(15-10-12-27-13-11-15)23(32)28-16-4-2-3-5-16/h6-13,16,20H,2-5,25H2,1H3,(H2,26,31)(H,28,32)/t20-/m1/s1. The van der Waals surface area contributed by atoms with Crippen molar-refractivity contribution in [1.29, 1.82) is 0 Å². The highest BCUT2D eigenvalue weighted by Gasteiger charge is 2.37. The second kappa shape index (κ2) is 10.0. The molecule has 1 aromatic carbocycles. The predicted molar refractivity (Wildman–Crippen MR) is 130 cm³/mol. The van der Waals surface area contributed by atoms with E-state index >= 15 is 0 Å². The molecular formula is C24H26N6O3S. The fraction of sp³-hybridized carbons (Fsp3) is 0.292. The number of hydrogen-bond donors (Lipinski definition) is 3. The number of nitrogens with zero attached hydrogens (tertiary/aromatic N) is 3. The predicted octanol–water partition coefficient (Wildman–Crippen LogP) is 2.97. The molecule has 3 aromatic rings. The number of carbonyl (C=O) groups is 3. The molecule has 2 aromatic heterocycles. The number of benzene rings is 1. The molecule has 1 saturated carbocycles. The molecular weight excluding hydrogens is 452 g/mol. The lowest BCUT2D eigenvalue weighted by molar-refractivity contribution is -0.123. The van der Waals surface area contributed by atoms with Gasteiger partial charge in [-0.3, -0.25) is 24.3 Å². The number of primary amides is 1. The zero-order chi connectivity index (χ0) is 24.2. The third-order valence-electron chi connectivity index (χ3n) is 5.92. The van der Waals surface area contributed by atoms with Gasteiger partial charge in [-0.15, -0.1) is 0 Å². The zero-order valence-electron chi connectivity index (χ0n) is 18.7. The summed E-state index contributed by atoms with van der Waals surface area (Å²) >= 11 is 0.785. The van der Waals surface area contributed by atoms with Gasteiger partial charge >= 0.3 is 0 Å². The van der Waals surface area contributed by atoms with E-state index in [1.807, 2.05) is 19.1 Å². The highest BCUT2D eigenvalue weighted by atomic mass is 32.1. The molecule has 1 fully saturated rings. The van der Waals surface area contributed by atoms with Crippen LogP contribution in [0, 0.1) is 6.92 Å². The van der Waals surface area contributed by atoms with E-state index in [9.17, 15) is 14.4 Å². The molecule has 2 heterocycles. The third-order valence-corrected chi connectivity index (χ3v) is 6.77. The molecule has 1 aliphatic rings. The first kappa shape index (κ1) is 23.4. The minimum absolute atomic E-state index is 0.0436. The Bertz CT molecular complexity index is 1190. The van der Waals surface area contributed by atoms with E-state index in [2.05, 4.69) is 14.7 Å². The Hall–Kier alpha value is -3.79. The first-order chi connectivity index (χ1) is 16.4.